The van der Waals surface area contributed by atoms with Crippen LogP contribution in [0, 0.1) is 0 Å². The highest BCUT2D eigenvalue weighted by molar-refractivity contribution is 5.54. The second-order valence-electron chi connectivity index (χ2n) is 3.40. The summed E-state index contributed by atoms with van der Waals surface area (Å²) in [4.78, 5) is 0. The fourth-order valence-corrected chi connectivity index (χ4v) is 1.59. The van der Waals surface area contributed by atoms with Crippen molar-refractivity contribution in [2.75, 3.05) is 0 Å². The molecule has 0 radical (unpaired) electrons. The lowest BCUT2D eigenvalue weighted by atomic mass is 10.0. The third-order valence-corrected chi connectivity index (χ3v) is 2.35. The Kier molecular flexibility index (Phi) is 2.97. The van der Waals surface area contributed by atoms with Gasteiger partial charge in [0.05, 0.1) is 0 Å². The van der Waals surface area contributed by atoms with Gasteiger partial charge in [-0.25, -0.2) is 0 Å². The Morgan fingerprint density at radius 1 is 0.857 bits per heavy atom. The molecule has 1 aliphatic rings. The molecule has 1 aromatic rings. The molecular formula is C14H14. The first kappa shape index (κ1) is 9.01. The van der Waals surface area contributed by atoms with Crippen LogP contribution in [0.25, 0.3) is 6.08 Å². The monoisotopic (exact) mass is 182 g/mol. The Labute approximate surface area is 85.3 Å². The van der Waals surface area contributed by atoms with Crippen molar-refractivity contribution in [2.24, 2.45) is 0 Å². The highest BCUT2D eigenvalue weighted by atomic mass is 14.0. The molecule has 70 valence electrons. The Balaban J connectivity index is 2.34. The summed E-state index contributed by atoms with van der Waals surface area (Å²) in [6.45, 7) is 0. The van der Waals surface area contributed by atoms with E-state index in [0.29, 0.717) is 0 Å². The van der Waals surface area contributed by atoms with Crippen LogP contribution in [0.4, 0.5) is 0 Å². The zero-order valence-electron chi connectivity index (χ0n) is 8.19. The summed E-state index contributed by atoms with van der Waals surface area (Å²) < 4.78 is 0. The van der Waals surface area contributed by atoms with E-state index >= 15 is 0 Å². The predicted octanol–water partition coefficient (Wildman–Crippen LogP) is 3.76. The van der Waals surface area contributed by atoms with E-state index in [1.165, 1.54) is 11.1 Å². The highest BCUT2D eigenvalue weighted by Gasteiger charge is 1.95. The topological polar surface area (TPSA) is 0 Å². The Hall–Kier alpha value is -1.56. The molecule has 0 aliphatic heterocycles. The minimum Gasteiger partial charge on any atom is -0.0807 e. The number of hydrogen-bond donors (Lipinski definition) is 0. The van der Waals surface area contributed by atoms with E-state index in [-0.39, 0.29) is 0 Å². The Morgan fingerprint density at radius 3 is 2.71 bits per heavy atom. The average molecular weight is 182 g/mol. The Bertz CT molecular complexity index is 381. The van der Waals surface area contributed by atoms with E-state index in [4.69, 9.17) is 0 Å². The fourth-order valence-electron chi connectivity index (χ4n) is 1.59. The maximum Gasteiger partial charge on any atom is -0.00884 e. The second kappa shape index (κ2) is 4.61. The van der Waals surface area contributed by atoms with Crippen molar-refractivity contribution in [1.29, 1.82) is 0 Å². The third kappa shape index (κ3) is 2.23. The highest BCUT2D eigenvalue weighted by Crippen LogP contribution is 2.13. The van der Waals surface area contributed by atoms with Gasteiger partial charge in [0, 0.05) is 0 Å². The van der Waals surface area contributed by atoms with Crippen LogP contribution in [-0.2, 0) is 6.42 Å². The second-order valence-corrected chi connectivity index (χ2v) is 3.40. The predicted molar refractivity (Wildman–Crippen MR) is 62.1 cm³/mol. The van der Waals surface area contributed by atoms with Crippen LogP contribution in [0.5, 0.6) is 0 Å². The molecule has 0 bridgehead atoms. The summed E-state index contributed by atoms with van der Waals surface area (Å²) in [6.07, 6.45) is 15.0. The average Bonchev–Trinajstić information content (AvgIpc) is 2.25. The molecule has 1 aliphatic carbocycles. The molecule has 14 heavy (non-hydrogen) atoms. The zero-order valence-corrected chi connectivity index (χ0v) is 8.19. The largest absolute Gasteiger partial charge is 0.0807 e. The molecule has 1 aromatic carbocycles. The molecule has 0 saturated carbocycles. The van der Waals surface area contributed by atoms with E-state index < -0.39 is 0 Å². The minimum absolute atomic E-state index is 1.01. The quantitative estimate of drug-likeness (QED) is 0.573. The van der Waals surface area contributed by atoms with Crippen LogP contribution in [0.1, 0.15) is 17.5 Å². The summed E-state index contributed by atoms with van der Waals surface area (Å²) >= 11 is 0. The normalized spacial score (nSPS) is 22.0. The molecule has 0 atom stereocenters. The van der Waals surface area contributed by atoms with Gasteiger partial charge in [0.2, 0.25) is 0 Å². The first-order valence-corrected chi connectivity index (χ1v) is 5.03. The van der Waals surface area contributed by atoms with E-state index in [1.807, 2.05) is 0 Å². The molecule has 0 aromatic heterocycles. The first-order chi connectivity index (χ1) is 6.97. The van der Waals surface area contributed by atoms with Crippen LogP contribution in [0.2, 0.25) is 0 Å². The van der Waals surface area contributed by atoms with Crippen molar-refractivity contribution >= 4 is 6.08 Å². The lowest BCUT2D eigenvalue weighted by Crippen LogP contribution is -1.86. The maximum absolute atomic E-state index is 2.21. The van der Waals surface area contributed by atoms with Crippen LogP contribution in [-0.4, -0.2) is 0 Å². The van der Waals surface area contributed by atoms with Crippen molar-refractivity contribution in [3.63, 3.8) is 0 Å². The number of allylic oxidation sites excluding steroid dienone is 5. The summed E-state index contributed by atoms with van der Waals surface area (Å²) in [5, 5.41) is 0. The molecular weight excluding hydrogens is 168 g/mol. The molecule has 0 spiro atoms. The lowest BCUT2D eigenvalue weighted by Gasteiger charge is -2.02. The fraction of sp³-hybridized carbons (Fsp3) is 0.143. The molecule has 0 heteroatoms. The summed E-state index contributed by atoms with van der Waals surface area (Å²) in [5.41, 5.74) is 2.74. The maximum atomic E-state index is 2.21. The van der Waals surface area contributed by atoms with E-state index in [0.717, 1.165) is 12.8 Å². The van der Waals surface area contributed by atoms with Gasteiger partial charge >= 0.3 is 0 Å². The Morgan fingerprint density at radius 2 is 1.71 bits per heavy atom. The van der Waals surface area contributed by atoms with Crippen LogP contribution < -0.4 is 0 Å². The molecule has 0 heterocycles. The van der Waals surface area contributed by atoms with E-state index in [9.17, 15) is 0 Å². The zero-order chi connectivity index (χ0) is 9.64. The van der Waals surface area contributed by atoms with Gasteiger partial charge in [0.15, 0.2) is 0 Å². The van der Waals surface area contributed by atoms with Gasteiger partial charge in [0.1, 0.15) is 0 Å². The first-order valence-electron chi connectivity index (χ1n) is 5.03. The van der Waals surface area contributed by atoms with Crippen LogP contribution >= 0.6 is 0 Å². The van der Waals surface area contributed by atoms with E-state index in [2.05, 4.69) is 60.7 Å². The number of hydrogen-bond acceptors (Lipinski definition) is 0. The number of benzene rings is 1. The van der Waals surface area contributed by atoms with E-state index in [1.54, 1.807) is 0 Å². The van der Waals surface area contributed by atoms with Gasteiger partial charge in [0.25, 0.3) is 0 Å². The summed E-state index contributed by atoms with van der Waals surface area (Å²) in [5.74, 6) is 0. The van der Waals surface area contributed by atoms with Crippen LogP contribution in [0.15, 0.2) is 54.6 Å². The standard InChI is InChI=1S/C14H14/c1-2-4-6-10-14-12-8-7-11-13(14)9-5-3-1/h1-3,5-8,10-12H,4,9H2/b2-1-,5-3-,10-6-. The van der Waals surface area contributed by atoms with Gasteiger partial charge in [-0.1, -0.05) is 60.7 Å². The summed E-state index contributed by atoms with van der Waals surface area (Å²) in [6, 6.07) is 8.55. The summed E-state index contributed by atoms with van der Waals surface area (Å²) in [7, 11) is 0. The smallest absolute Gasteiger partial charge is 0.00884 e. The third-order valence-electron chi connectivity index (χ3n) is 2.35. The van der Waals surface area contributed by atoms with Gasteiger partial charge in [-0.05, 0) is 24.0 Å². The molecule has 0 fully saturated rings. The van der Waals surface area contributed by atoms with Crippen LogP contribution in [0.3, 0.4) is 0 Å². The SMILES string of the molecule is C1=C\C/C=C\c2ccccc2C\C=C/1. The molecule has 0 saturated heterocycles. The molecule has 0 amide bonds. The van der Waals surface area contributed by atoms with Crippen molar-refractivity contribution < 1.29 is 0 Å². The number of rotatable bonds is 0. The number of fused-ring (bicyclic) bond motifs is 1. The van der Waals surface area contributed by atoms with Gasteiger partial charge in [-0.2, -0.15) is 0 Å². The lowest BCUT2D eigenvalue weighted by molar-refractivity contribution is 1.25. The van der Waals surface area contributed by atoms with Crippen molar-refractivity contribution in [3.05, 3.63) is 65.8 Å². The van der Waals surface area contributed by atoms with Crippen molar-refractivity contribution in [2.45, 2.75) is 12.8 Å². The van der Waals surface area contributed by atoms with Gasteiger partial charge in [-0.15, -0.1) is 0 Å². The molecule has 0 nitrogen and oxygen atoms in total. The van der Waals surface area contributed by atoms with Gasteiger partial charge < -0.3 is 0 Å². The molecule has 2 rings (SSSR count). The molecule has 0 unspecified atom stereocenters. The minimum atomic E-state index is 1.01. The van der Waals surface area contributed by atoms with Crippen molar-refractivity contribution in [3.8, 4) is 0 Å². The van der Waals surface area contributed by atoms with Crippen molar-refractivity contribution in [1.82, 2.24) is 0 Å². The van der Waals surface area contributed by atoms with Gasteiger partial charge in [-0.3, -0.25) is 0 Å². The molecule has 0 N–H and O–H groups in total.